The average Bonchev–Trinajstić information content (AvgIpc) is 3.87. The lowest BCUT2D eigenvalue weighted by Crippen LogP contribution is -2.56. The number of carbonyl (C=O) groups is 3. The molecule has 2 aromatic carbocycles. The van der Waals surface area contributed by atoms with E-state index < -0.39 is 62.4 Å². The lowest BCUT2D eigenvalue weighted by atomic mass is 10.1. The van der Waals surface area contributed by atoms with Gasteiger partial charge in [-0.05, 0) is 51.2 Å². The normalized spacial score (nSPS) is 25.4. The molecule has 2 N–H and O–H groups in total. The molecule has 232 valence electrons. The highest BCUT2D eigenvalue weighted by molar-refractivity contribution is 7.91. The third kappa shape index (κ3) is 5.58. The van der Waals surface area contributed by atoms with E-state index in [1.807, 2.05) is 48.5 Å². The van der Waals surface area contributed by atoms with Crippen LogP contribution in [0.4, 0.5) is 4.79 Å². The minimum absolute atomic E-state index is 0.0210. The average molecular weight is 621 g/mol. The second kappa shape index (κ2) is 10.8. The number of benzene rings is 2. The van der Waals surface area contributed by atoms with Gasteiger partial charge < -0.3 is 14.9 Å². The van der Waals surface area contributed by atoms with Crippen LogP contribution < -0.4 is 10.0 Å². The number of oxime groups is 1. The van der Waals surface area contributed by atoms with E-state index in [0.29, 0.717) is 18.6 Å². The van der Waals surface area contributed by atoms with Crippen molar-refractivity contribution in [2.24, 2.45) is 11.1 Å². The van der Waals surface area contributed by atoms with Crippen LogP contribution in [-0.4, -0.2) is 72.0 Å². The Morgan fingerprint density at radius 3 is 2.14 bits per heavy atom. The van der Waals surface area contributed by atoms with Gasteiger partial charge in [-0.25, -0.2) is 13.2 Å². The molecular formula is C32H36N4O7S. The molecule has 0 bridgehead atoms. The first kappa shape index (κ1) is 29.9. The predicted molar refractivity (Wildman–Crippen MR) is 163 cm³/mol. The molecule has 3 aliphatic carbocycles. The number of ether oxygens (including phenoxy) is 1. The van der Waals surface area contributed by atoms with Crippen LogP contribution in [0.2, 0.25) is 0 Å². The fourth-order valence-corrected chi connectivity index (χ4v) is 7.25. The molecule has 1 aliphatic heterocycles. The van der Waals surface area contributed by atoms with Crippen molar-refractivity contribution in [1.29, 1.82) is 0 Å². The first-order chi connectivity index (χ1) is 20.8. The fourth-order valence-electron chi connectivity index (χ4n) is 5.88. The van der Waals surface area contributed by atoms with Crippen molar-refractivity contribution in [3.8, 4) is 11.1 Å². The van der Waals surface area contributed by atoms with Crippen LogP contribution in [0.15, 0.2) is 66.3 Å². The lowest BCUT2D eigenvalue weighted by molar-refractivity contribution is -0.131. The number of likely N-dealkylation sites (tertiary alicyclic amines) is 1. The van der Waals surface area contributed by atoms with E-state index in [2.05, 4.69) is 21.8 Å². The maximum absolute atomic E-state index is 13.8. The molecular weight excluding hydrogens is 584 g/mol. The van der Waals surface area contributed by atoms with Crippen LogP contribution in [0.1, 0.15) is 57.6 Å². The summed E-state index contributed by atoms with van der Waals surface area (Å²) in [5.74, 6) is -1.88. The summed E-state index contributed by atoms with van der Waals surface area (Å²) in [5.41, 5.74) is 2.28. The highest BCUT2D eigenvalue weighted by atomic mass is 32.2. The van der Waals surface area contributed by atoms with Gasteiger partial charge in [0.05, 0.1) is 11.8 Å². The Balaban J connectivity index is 1.23. The van der Waals surface area contributed by atoms with E-state index in [1.54, 1.807) is 20.8 Å². The Labute approximate surface area is 256 Å². The number of carbonyl (C=O) groups excluding carboxylic acids is 3. The van der Waals surface area contributed by atoms with E-state index in [-0.39, 0.29) is 19.4 Å². The third-order valence-corrected chi connectivity index (χ3v) is 10.2. The van der Waals surface area contributed by atoms with Crippen molar-refractivity contribution < 1.29 is 32.4 Å². The van der Waals surface area contributed by atoms with Gasteiger partial charge in [-0.15, -0.1) is 6.58 Å². The van der Waals surface area contributed by atoms with E-state index in [1.165, 1.54) is 11.0 Å². The number of nitrogens with zero attached hydrogens (tertiary/aromatic N) is 2. The highest BCUT2D eigenvalue weighted by Crippen LogP contribution is 2.45. The molecule has 12 heteroatoms. The smallest absolute Gasteiger partial charge is 0.411 e. The number of fused-ring (bicyclic) bond motifs is 3. The van der Waals surface area contributed by atoms with E-state index >= 15 is 0 Å². The fraction of sp³-hybridized carbons (Fsp3) is 0.438. The predicted octanol–water partition coefficient (Wildman–Crippen LogP) is 3.48. The molecule has 1 heterocycles. The van der Waals surface area contributed by atoms with Crippen LogP contribution in [0.3, 0.4) is 0 Å². The maximum atomic E-state index is 13.8. The van der Waals surface area contributed by atoms with Gasteiger partial charge in [0.25, 0.3) is 5.91 Å². The Bertz CT molecular complexity index is 1630. The molecule has 4 atom stereocenters. The quantitative estimate of drug-likeness (QED) is 0.290. The monoisotopic (exact) mass is 620 g/mol. The molecule has 2 saturated carbocycles. The summed E-state index contributed by atoms with van der Waals surface area (Å²) >= 11 is 0. The van der Waals surface area contributed by atoms with Crippen molar-refractivity contribution in [2.45, 2.75) is 75.0 Å². The summed E-state index contributed by atoms with van der Waals surface area (Å²) in [4.78, 5) is 47.5. The minimum Gasteiger partial charge on any atom is -0.444 e. The molecule has 3 fully saturated rings. The lowest BCUT2D eigenvalue weighted by Gasteiger charge is -2.29. The van der Waals surface area contributed by atoms with E-state index in [4.69, 9.17) is 9.57 Å². The van der Waals surface area contributed by atoms with Crippen molar-refractivity contribution in [2.75, 3.05) is 6.54 Å². The first-order valence-corrected chi connectivity index (χ1v) is 16.3. The summed E-state index contributed by atoms with van der Waals surface area (Å²) in [6, 6.07) is 14.7. The molecule has 3 amide bonds. The van der Waals surface area contributed by atoms with E-state index in [0.717, 1.165) is 22.3 Å². The van der Waals surface area contributed by atoms with Gasteiger partial charge >= 0.3 is 6.09 Å². The molecule has 2 unspecified atom stereocenters. The van der Waals surface area contributed by atoms with Crippen LogP contribution >= 0.6 is 0 Å². The van der Waals surface area contributed by atoms with Gasteiger partial charge in [-0.1, -0.05) is 59.8 Å². The van der Waals surface area contributed by atoms with Gasteiger partial charge in [-0.3, -0.25) is 19.2 Å². The highest BCUT2D eigenvalue weighted by Gasteiger charge is 2.62. The second-order valence-electron chi connectivity index (χ2n) is 12.8. The number of hydrogen-bond acceptors (Lipinski definition) is 8. The zero-order valence-corrected chi connectivity index (χ0v) is 25.7. The van der Waals surface area contributed by atoms with E-state index in [9.17, 15) is 22.8 Å². The number of sulfonamides is 1. The minimum atomic E-state index is -3.83. The molecule has 6 rings (SSSR count). The van der Waals surface area contributed by atoms with Crippen LogP contribution in [0.25, 0.3) is 11.1 Å². The SMILES string of the molecule is C=C[C@@H]1C[C@@]1(NC(=O)C1CC(ON=C2c3ccccc3-c3ccccc32)CN1C(=O)OC(C)(C)C)C(=O)NS(=O)(=O)C1CC1. The molecule has 0 radical (unpaired) electrons. The number of nitrogens with one attached hydrogen (secondary N) is 2. The van der Waals surface area contributed by atoms with Crippen LogP contribution in [0.5, 0.6) is 0 Å². The topological polar surface area (TPSA) is 143 Å². The maximum Gasteiger partial charge on any atom is 0.411 e. The van der Waals surface area contributed by atoms with Gasteiger partial charge in [-0.2, -0.15) is 0 Å². The largest absolute Gasteiger partial charge is 0.444 e. The second-order valence-corrected chi connectivity index (χ2v) is 14.8. The molecule has 0 aromatic heterocycles. The Morgan fingerprint density at radius 1 is 1.02 bits per heavy atom. The zero-order valence-electron chi connectivity index (χ0n) is 24.9. The van der Waals surface area contributed by atoms with Gasteiger partial charge in [0.2, 0.25) is 15.9 Å². The number of hydrogen-bond donors (Lipinski definition) is 2. The van der Waals surface area contributed by atoms with Crippen LogP contribution in [-0.2, 0) is 29.2 Å². The van der Waals surface area contributed by atoms with Gasteiger partial charge in [0.15, 0.2) is 0 Å². The summed E-state index contributed by atoms with van der Waals surface area (Å²) < 4.78 is 32.7. The molecule has 1 saturated heterocycles. The molecule has 11 nitrogen and oxygen atoms in total. The van der Waals surface area contributed by atoms with Crippen molar-refractivity contribution >= 4 is 33.6 Å². The molecule has 0 spiro atoms. The van der Waals surface area contributed by atoms with Crippen molar-refractivity contribution in [3.63, 3.8) is 0 Å². The molecule has 4 aliphatic rings. The first-order valence-electron chi connectivity index (χ1n) is 14.8. The zero-order chi connectivity index (χ0) is 31.4. The Kier molecular flexibility index (Phi) is 7.30. The van der Waals surface area contributed by atoms with Crippen LogP contribution in [0, 0.1) is 5.92 Å². The molecule has 2 aromatic rings. The summed E-state index contributed by atoms with van der Waals surface area (Å²) in [5, 5.41) is 6.67. The third-order valence-electron chi connectivity index (χ3n) is 8.39. The van der Waals surface area contributed by atoms with Gasteiger partial charge in [0.1, 0.15) is 29.0 Å². The summed E-state index contributed by atoms with van der Waals surface area (Å²) in [6.45, 7) is 8.94. The Hall–Kier alpha value is -4.19. The number of amides is 3. The summed E-state index contributed by atoms with van der Waals surface area (Å²) in [6.07, 6.45) is 1.41. The van der Waals surface area contributed by atoms with Gasteiger partial charge in [0, 0.05) is 23.5 Å². The van der Waals surface area contributed by atoms with Crippen molar-refractivity contribution in [3.05, 3.63) is 72.3 Å². The van der Waals surface area contributed by atoms with Crippen molar-refractivity contribution in [1.82, 2.24) is 14.9 Å². The summed E-state index contributed by atoms with van der Waals surface area (Å²) in [7, 11) is -3.83. The standard InChI is InChI=1S/C32H36N4O7S/c1-5-19-17-32(19,29(38)35-44(40,41)21-14-15-21)33-28(37)26-16-20(18-36(26)30(39)42-31(2,3)4)43-34-27-24-12-8-6-10-22(24)23-11-7-9-13-25(23)27/h5-13,19-21,26H,1,14-18H2,2-4H3,(H,33,37)(H,35,38)/t19-,20?,26?,32+/m1/s1. The number of rotatable bonds is 8. The Morgan fingerprint density at radius 2 is 1.61 bits per heavy atom. The molecule has 44 heavy (non-hydrogen) atoms.